The zero-order valence-electron chi connectivity index (χ0n) is 5.02. The van der Waals surface area contributed by atoms with Gasteiger partial charge in [0, 0.05) is 21.1 Å². The lowest BCUT2D eigenvalue weighted by Crippen LogP contribution is -2.36. The lowest BCUT2D eigenvalue weighted by atomic mass is 9.95. The highest BCUT2D eigenvalue weighted by molar-refractivity contribution is 6.23. The highest BCUT2D eigenvalue weighted by Gasteiger charge is 2.03. The number of nitrogens with zero attached hydrogens (tertiary/aromatic N) is 1. The van der Waals surface area contributed by atoms with Crippen molar-refractivity contribution in [1.29, 1.82) is 0 Å². The molecule has 0 saturated carbocycles. The van der Waals surface area contributed by atoms with Gasteiger partial charge in [-0.3, -0.25) is 0 Å². The van der Waals surface area contributed by atoms with E-state index in [0.717, 1.165) is 4.39 Å². The molecule has 6 heavy (non-hydrogen) atoms. The Hall–Kier alpha value is 0.0249. The molecule has 0 unspecified atom stereocenters. The smallest absolute Gasteiger partial charge is 0.402 e. The van der Waals surface area contributed by atoms with Gasteiger partial charge >= 0.3 is 7.41 Å². The first-order valence-corrected chi connectivity index (χ1v) is 2.18. The van der Waals surface area contributed by atoms with Crippen molar-refractivity contribution in [1.82, 2.24) is 0 Å². The van der Waals surface area contributed by atoms with Crippen LogP contribution in [-0.2, 0) is 0 Å². The van der Waals surface area contributed by atoms with Gasteiger partial charge in [-0.25, -0.2) is 0 Å². The maximum atomic E-state index is 2.12. The van der Waals surface area contributed by atoms with Gasteiger partial charge in [-0.15, -0.1) is 0 Å². The van der Waals surface area contributed by atoms with Crippen LogP contribution in [0, 0.1) is 0 Å². The minimum absolute atomic E-state index is 0.944. The first-order valence-electron chi connectivity index (χ1n) is 2.18. The summed E-state index contributed by atoms with van der Waals surface area (Å²) in [5.74, 6) is 0. The van der Waals surface area contributed by atoms with Gasteiger partial charge < -0.3 is 4.39 Å². The van der Waals surface area contributed by atoms with Crippen molar-refractivity contribution < 1.29 is 4.39 Å². The van der Waals surface area contributed by atoms with Crippen LogP contribution in [0.4, 0.5) is 0 Å². The number of hydrogen-bond donors (Lipinski definition) is 0. The van der Waals surface area contributed by atoms with E-state index in [0.29, 0.717) is 0 Å². The van der Waals surface area contributed by atoms with Gasteiger partial charge in [0.2, 0.25) is 0 Å². The zero-order chi connectivity index (χ0) is 5.21. The largest absolute Gasteiger partial charge is 0.442 e. The van der Waals surface area contributed by atoms with Crippen LogP contribution in [0.25, 0.3) is 0 Å². The fourth-order valence-corrected chi connectivity index (χ4v) is 0. The highest BCUT2D eigenvalue weighted by atomic mass is 15.2. The predicted octanol–water partition coefficient (Wildman–Crippen LogP) is 0.360. The quantitative estimate of drug-likeness (QED) is 0.403. The Bertz CT molecular complexity index is 37.3. The molecule has 0 spiro atoms. The van der Waals surface area contributed by atoms with E-state index in [1.807, 2.05) is 0 Å². The summed E-state index contributed by atoms with van der Waals surface area (Å²) in [7, 11) is 8.50. The van der Waals surface area contributed by atoms with Gasteiger partial charge in [-0.2, -0.15) is 0 Å². The first-order chi connectivity index (χ1) is 2.56. The van der Waals surface area contributed by atoms with Crippen LogP contribution < -0.4 is 0 Å². The molecule has 0 aromatic rings. The number of quaternary nitrogens is 1. The third-order valence-electron chi connectivity index (χ3n) is 0.775. The summed E-state index contributed by atoms with van der Waals surface area (Å²) in [6.45, 7) is 2.06. The topological polar surface area (TPSA) is 0 Å². The summed E-state index contributed by atoms with van der Waals surface area (Å²) < 4.78 is 0.944. The van der Waals surface area contributed by atoms with Crippen molar-refractivity contribution in [2.24, 2.45) is 0 Å². The minimum atomic E-state index is 0.944. The van der Waals surface area contributed by atoms with E-state index in [4.69, 9.17) is 0 Å². The van der Waals surface area contributed by atoms with Crippen LogP contribution >= 0.6 is 0 Å². The minimum Gasteiger partial charge on any atom is -0.402 e. The molecule has 0 aliphatic heterocycles. The maximum Gasteiger partial charge on any atom is 0.442 e. The first kappa shape index (κ1) is 6.02. The standard InChI is InChI=1S/C4H12BN/c1-5-6(2,3)4/h1-4H3/q+1. The summed E-state index contributed by atoms with van der Waals surface area (Å²) in [6.07, 6.45) is 0. The molecular formula is C4H12BN+. The molecule has 0 fully saturated rings. The van der Waals surface area contributed by atoms with Crippen LogP contribution in [0.5, 0.6) is 0 Å². The molecule has 0 rings (SSSR count). The molecule has 0 N–H and O–H groups in total. The summed E-state index contributed by atoms with van der Waals surface area (Å²) in [4.78, 5) is 0. The van der Waals surface area contributed by atoms with Crippen LogP contribution in [0.15, 0.2) is 0 Å². The maximum absolute atomic E-state index is 2.12. The second kappa shape index (κ2) is 1.65. The van der Waals surface area contributed by atoms with E-state index in [1.54, 1.807) is 0 Å². The van der Waals surface area contributed by atoms with Gasteiger partial charge in [0.05, 0.1) is 0 Å². The fraction of sp³-hybridized carbons (Fsp3) is 1.00. The van der Waals surface area contributed by atoms with Crippen molar-refractivity contribution >= 4 is 7.41 Å². The Labute approximate surface area is 40.8 Å². The molecule has 0 heterocycles. The third-order valence-corrected chi connectivity index (χ3v) is 0.775. The Morgan fingerprint density at radius 3 is 1.33 bits per heavy atom. The van der Waals surface area contributed by atoms with Crippen molar-refractivity contribution in [3.8, 4) is 0 Å². The normalized spacial score (nSPS) is 11.3. The second-order valence-electron chi connectivity index (χ2n) is 2.37. The molecule has 0 bridgehead atoms. The Balaban J connectivity index is 3.17. The molecule has 1 radical (unpaired) electrons. The van der Waals surface area contributed by atoms with Gasteiger partial charge in [0.25, 0.3) is 0 Å². The molecule has 0 aromatic carbocycles. The summed E-state index contributed by atoms with van der Waals surface area (Å²) in [5, 5.41) is 0. The second-order valence-corrected chi connectivity index (χ2v) is 2.37. The van der Waals surface area contributed by atoms with Crippen molar-refractivity contribution in [2.75, 3.05) is 21.1 Å². The zero-order valence-corrected chi connectivity index (χ0v) is 5.02. The van der Waals surface area contributed by atoms with Crippen LogP contribution in [0.3, 0.4) is 0 Å². The van der Waals surface area contributed by atoms with Crippen molar-refractivity contribution in [3.63, 3.8) is 0 Å². The lowest BCUT2D eigenvalue weighted by molar-refractivity contribution is -0.755. The molecule has 0 aliphatic carbocycles. The SMILES string of the molecule is C[B][N+](C)(C)C. The van der Waals surface area contributed by atoms with Gasteiger partial charge in [0.15, 0.2) is 0 Å². The van der Waals surface area contributed by atoms with Crippen LogP contribution in [0.2, 0.25) is 6.82 Å². The summed E-state index contributed by atoms with van der Waals surface area (Å²) in [5.41, 5.74) is 0. The predicted molar refractivity (Wildman–Crippen MR) is 29.7 cm³/mol. The third kappa shape index (κ3) is 4.02. The van der Waals surface area contributed by atoms with Gasteiger partial charge in [-0.05, 0) is 6.82 Å². The molecule has 35 valence electrons. The van der Waals surface area contributed by atoms with E-state index in [1.165, 1.54) is 0 Å². The van der Waals surface area contributed by atoms with E-state index in [2.05, 4.69) is 35.4 Å². The Morgan fingerprint density at radius 1 is 1.17 bits per heavy atom. The average molecular weight is 85.0 g/mol. The molecule has 2 heteroatoms. The highest BCUT2D eigenvalue weighted by Crippen LogP contribution is 1.80. The Kier molecular flexibility index (Phi) is 1.66. The summed E-state index contributed by atoms with van der Waals surface area (Å²) in [6, 6.07) is 0. The Morgan fingerprint density at radius 2 is 1.33 bits per heavy atom. The molecule has 1 nitrogen and oxygen atoms in total. The fourth-order valence-electron chi connectivity index (χ4n) is 0. The van der Waals surface area contributed by atoms with Gasteiger partial charge in [0.1, 0.15) is 0 Å². The van der Waals surface area contributed by atoms with Crippen molar-refractivity contribution in [2.45, 2.75) is 6.82 Å². The van der Waals surface area contributed by atoms with E-state index in [9.17, 15) is 0 Å². The van der Waals surface area contributed by atoms with Crippen molar-refractivity contribution in [3.05, 3.63) is 0 Å². The lowest BCUT2D eigenvalue weighted by Gasteiger charge is -2.20. The monoisotopic (exact) mass is 85.1 g/mol. The molecule has 0 amide bonds. The molecule has 0 atom stereocenters. The molecule has 0 aliphatic rings. The number of hydrogen-bond acceptors (Lipinski definition) is 0. The molecular weight excluding hydrogens is 72.9 g/mol. The van der Waals surface area contributed by atoms with Gasteiger partial charge in [-0.1, -0.05) is 0 Å². The molecule has 0 aromatic heterocycles. The van der Waals surface area contributed by atoms with E-state index >= 15 is 0 Å². The molecule has 0 saturated heterocycles. The van der Waals surface area contributed by atoms with E-state index in [-0.39, 0.29) is 0 Å². The van der Waals surface area contributed by atoms with Crippen LogP contribution in [0.1, 0.15) is 0 Å². The van der Waals surface area contributed by atoms with Crippen LogP contribution in [-0.4, -0.2) is 33.0 Å². The summed E-state index contributed by atoms with van der Waals surface area (Å²) >= 11 is 0. The average Bonchev–Trinajstić information content (AvgIpc) is 1.35. The van der Waals surface area contributed by atoms with E-state index < -0.39 is 0 Å². The number of rotatable bonds is 1.